The maximum absolute atomic E-state index is 2.64. The maximum atomic E-state index is 2.64. The Morgan fingerprint density at radius 3 is 1.12 bits per heavy atom. The molecule has 88 heavy (non-hydrogen) atoms. The van der Waals surface area contributed by atoms with Gasteiger partial charge < -0.3 is 9.80 Å². The van der Waals surface area contributed by atoms with Crippen molar-refractivity contribution in [2.24, 2.45) is 0 Å². The molecule has 0 saturated carbocycles. The smallest absolute Gasteiger partial charge is 0.0726 e. The Morgan fingerprint density at radius 2 is 0.557 bits per heavy atom. The average Bonchev–Trinajstić information content (AvgIpc) is 1.58. The van der Waals surface area contributed by atoms with Crippen molar-refractivity contribution in [3.05, 3.63) is 396 Å². The van der Waals surface area contributed by atoms with Gasteiger partial charge >= 0.3 is 0 Å². The Hall–Kier alpha value is -11.3. The third-order valence-corrected chi connectivity index (χ3v) is 18.9. The summed E-state index contributed by atoms with van der Waals surface area (Å²) in [6, 6.07) is 131. The molecule has 2 nitrogen and oxygen atoms in total. The summed E-state index contributed by atoms with van der Waals surface area (Å²) in [7, 11) is 0. The summed E-state index contributed by atoms with van der Waals surface area (Å²) < 4.78 is 0. The molecule has 1 atom stereocenters. The molecule has 14 aromatic rings. The van der Waals surface area contributed by atoms with Crippen molar-refractivity contribution in [3.8, 4) is 66.8 Å². The lowest BCUT2D eigenvalue weighted by molar-refractivity contribution is 0.768. The van der Waals surface area contributed by atoms with Gasteiger partial charge in [-0.15, -0.1) is 0 Å². The highest BCUT2D eigenvalue weighted by atomic mass is 15.2. The Morgan fingerprint density at radius 1 is 0.182 bits per heavy atom. The summed E-state index contributed by atoms with van der Waals surface area (Å²) in [6.07, 6.45) is 0. The molecule has 0 aliphatic heterocycles. The van der Waals surface area contributed by atoms with Gasteiger partial charge in [-0.3, -0.25) is 0 Å². The highest BCUT2D eigenvalue weighted by molar-refractivity contribution is 6.06. The van der Waals surface area contributed by atoms with Gasteiger partial charge in [0.2, 0.25) is 0 Å². The van der Waals surface area contributed by atoms with E-state index in [-0.39, 0.29) is 0 Å². The van der Waals surface area contributed by atoms with Crippen molar-refractivity contribution in [2.45, 2.75) is 10.8 Å². The fourth-order valence-electron chi connectivity index (χ4n) is 15.4. The highest BCUT2D eigenvalue weighted by Crippen LogP contribution is 2.66. The lowest BCUT2D eigenvalue weighted by Crippen LogP contribution is -2.29. The first-order valence-corrected chi connectivity index (χ1v) is 30.6. The molecule has 0 fully saturated rings. The lowest BCUT2D eigenvalue weighted by atomic mass is 9.67. The fourth-order valence-corrected chi connectivity index (χ4v) is 15.4. The Bertz CT molecular complexity index is 4910. The SMILES string of the molecule is c1ccc(-c2ccc(N(c3ccccc3)c3cccc(C4(c5ccccc5)c5ccccc5-c5c(N(c6ccc(-c7ccccc7)cc6-c6ccccc6)c6cccc7c6-c6ccccc6C76c7ccccc7-c7ccccc76)cccc54)c3)cc2)cc1. The van der Waals surface area contributed by atoms with Crippen molar-refractivity contribution in [1.82, 2.24) is 0 Å². The number of benzene rings is 14. The van der Waals surface area contributed by atoms with E-state index in [9.17, 15) is 0 Å². The number of anilines is 6. The topological polar surface area (TPSA) is 6.48 Å². The second kappa shape index (κ2) is 20.7. The normalized spacial score (nSPS) is 14.3. The van der Waals surface area contributed by atoms with E-state index in [1.807, 2.05) is 0 Å². The molecular weight excluding hydrogens is 1060 g/mol. The predicted octanol–water partition coefficient (Wildman–Crippen LogP) is 22.3. The van der Waals surface area contributed by atoms with Crippen molar-refractivity contribution in [2.75, 3.05) is 9.80 Å². The minimum absolute atomic E-state index is 0.545. The summed E-state index contributed by atoms with van der Waals surface area (Å²) in [4.78, 5) is 5.05. The van der Waals surface area contributed by atoms with Gasteiger partial charge in [-0.05, 0) is 155 Å². The van der Waals surface area contributed by atoms with Crippen LogP contribution in [0.15, 0.2) is 352 Å². The summed E-state index contributed by atoms with van der Waals surface area (Å²) in [5.74, 6) is 0. The zero-order chi connectivity index (χ0) is 58.2. The van der Waals surface area contributed by atoms with E-state index in [4.69, 9.17) is 0 Å². The number of hydrogen-bond acceptors (Lipinski definition) is 2. The second-order valence-corrected chi connectivity index (χ2v) is 23.4. The monoisotopic (exact) mass is 1120 g/mol. The average molecular weight is 1120 g/mol. The first kappa shape index (κ1) is 51.1. The summed E-state index contributed by atoms with van der Waals surface area (Å²) in [5.41, 5.74) is 29.8. The van der Waals surface area contributed by atoms with Gasteiger partial charge in [0.25, 0.3) is 0 Å². The van der Waals surface area contributed by atoms with Gasteiger partial charge in [-0.1, -0.05) is 291 Å². The predicted molar refractivity (Wildman–Crippen MR) is 366 cm³/mol. The third-order valence-electron chi connectivity index (χ3n) is 18.9. The van der Waals surface area contributed by atoms with E-state index in [0.717, 1.165) is 50.8 Å². The van der Waals surface area contributed by atoms with Crippen LogP contribution in [0.4, 0.5) is 34.1 Å². The van der Waals surface area contributed by atoms with Crippen LogP contribution < -0.4 is 9.80 Å². The Labute approximate surface area is 514 Å². The van der Waals surface area contributed by atoms with Crippen LogP contribution >= 0.6 is 0 Å². The molecule has 0 amide bonds. The molecule has 14 aromatic carbocycles. The molecular formula is C86H58N2. The van der Waals surface area contributed by atoms with Crippen LogP contribution in [-0.4, -0.2) is 0 Å². The highest BCUT2D eigenvalue weighted by Gasteiger charge is 2.53. The Kier molecular flexibility index (Phi) is 12.0. The zero-order valence-corrected chi connectivity index (χ0v) is 48.4. The van der Waals surface area contributed by atoms with E-state index < -0.39 is 10.8 Å². The minimum atomic E-state index is -0.754. The zero-order valence-electron chi connectivity index (χ0n) is 48.4. The molecule has 0 aromatic heterocycles. The van der Waals surface area contributed by atoms with Crippen LogP contribution in [0.5, 0.6) is 0 Å². The molecule has 3 aliphatic rings. The Balaban J connectivity index is 0.947. The van der Waals surface area contributed by atoms with Crippen LogP contribution in [0.1, 0.15) is 44.5 Å². The van der Waals surface area contributed by atoms with Crippen LogP contribution in [0, 0.1) is 0 Å². The van der Waals surface area contributed by atoms with Crippen LogP contribution in [0.25, 0.3) is 66.8 Å². The van der Waals surface area contributed by atoms with Gasteiger partial charge in [0, 0.05) is 33.8 Å². The molecule has 0 radical (unpaired) electrons. The molecule has 2 heteroatoms. The molecule has 0 N–H and O–H groups in total. The number of rotatable bonds is 11. The van der Waals surface area contributed by atoms with Crippen molar-refractivity contribution < 1.29 is 0 Å². The van der Waals surface area contributed by atoms with E-state index in [2.05, 4.69) is 362 Å². The fraction of sp³-hybridized carbons (Fsp3) is 0.0233. The number of para-hydroxylation sites is 1. The second-order valence-electron chi connectivity index (χ2n) is 23.4. The molecule has 3 aliphatic carbocycles. The summed E-state index contributed by atoms with van der Waals surface area (Å²) >= 11 is 0. The third kappa shape index (κ3) is 7.69. The lowest BCUT2D eigenvalue weighted by Gasteiger charge is -2.36. The van der Waals surface area contributed by atoms with E-state index in [1.165, 1.54) is 94.6 Å². The van der Waals surface area contributed by atoms with Crippen molar-refractivity contribution in [1.29, 1.82) is 0 Å². The van der Waals surface area contributed by atoms with Gasteiger partial charge in [-0.2, -0.15) is 0 Å². The van der Waals surface area contributed by atoms with E-state index in [0.29, 0.717) is 0 Å². The molecule has 1 unspecified atom stereocenters. The first-order valence-electron chi connectivity index (χ1n) is 30.6. The quantitative estimate of drug-likeness (QED) is 0.127. The molecule has 0 heterocycles. The van der Waals surface area contributed by atoms with Gasteiger partial charge in [0.15, 0.2) is 0 Å². The molecule has 17 rings (SSSR count). The van der Waals surface area contributed by atoms with Gasteiger partial charge in [-0.25, -0.2) is 0 Å². The number of nitrogens with zero attached hydrogens (tertiary/aromatic N) is 2. The van der Waals surface area contributed by atoms with Crippen LogP contribution in [0.2, 0.25) is 0 Å². The molecule has 412 valence electrons. The van der Waals surface area contributed by atoms with Crippen molar-refractivity contribution >= 4 is 34.1 Å². The first-order chi connectivity index (χ1) is 43.7. The van der Waals surface area contributed by atoms with E-state index >= 15 is 0 Å². The van der Waals surface area contributed by atoms with Gasteiger partial charge in [0.05, 0.1) is 27.9 Å². The largest absolute Gasteiger partial charge is 0.310 e. The van der Waals surface area contributed by atoms with Gasteiger partial charge in [0.1, 0.15) is 0 Å². The summed E-state index contributed by atoms with van der Waals surface area (Å²) in [6.45, 7) is 0. The molecule has 0 saturated heterocycles. The minimum Gasteiger partial charge on any atom is -0.310 e. The summed E-state index contributed by atoms with van der Waals surface area (Å²) in [5, 5.41) is 0. The van der Waals surface area contributed by atoms with E-state index in [1.54, 1.807) is 0 Å². The van der Waals surface area contributed by atoms with Crippen LogP contribution in [0.3, 0.4) is 0 Å². The van der Waals surface area contributed by atoms with Crippen LogP contribution in [-0.2, 0) is 10.8 Å². The van der Waals surface area contributed by atoms with Crippen molar-refractivity contribution in [3.63, 3.8) is 0 Å². The molecule has 1 spiro atoms. The number of hydrogen-bond donors (Lipinski definition) is 0. The maximum Gasteiger partial charge on any atom is 0.0726 e. The standard InChI is InChI=1S/C86H58N2/c1-6-27-59(28-7-1)61-51-54-67(55-52-61)87(66-36-14-5-15-37-66)68-38-24-35-65(58-68)85(64-33-12-4-13-34-64)76-45-22-18-41-71(76)83-78(85)47-25-49-81(83)88(80-56-53-63(60-29-8-2-9-30-60)57-73(80)62-31-10-3-11-32-62)82-50-26-48-79-84(82)72-42-19-23-46-77(72)86(79)74-43-20-16-39-69(74)70-40-17-21-44-75(70)86/h1-58H. The number of fused-ring (bicyclic) bond motifs is 13. The molecule has 0 bridgehead atoms.